The van der Waals surface area contributed by atoms with E-state index < -0.39 is 0 Å². The van der Waals surface area contributed by atoms with E-state index in [-0.39, 0.29) is 5.97 Å². The third-order valence-corrected chi connectivity index (χ3v) is 3.43. The summed E-state index contributed by atoms with van der Waals surface area (Å²) in [6.45, 7) is 0. The van der Waals surface area contributed by atoms with Gasteiger partial charge in [-0.3, -0.25) is 0 Å². The second kappa shape index (κ2) is 5.67. The summed E-state index contributed by atoms with van der Waals surface area (Å²) >= 11 is 0. The van der Waals surface area contributed by atoms with Crippen LogP contribution in [0.2, 0.25) is 0 Å². The molecule has 0 bridgehead atoms. The molecule has 0 aliphatic rings. The van der Waals surface area contributed by atoms with Gasteiger partial charge in [0.25, 0.3) is 0 Å². The maximum atomic E-state index is 11.7. The Labute approximate surface area is 122 Å². The zero-order valence-electron chi connectivity index (χ0n) is 11.7. The van der Waals surface area contributed by atoms with Crippen molar-refractivity contribution in [1.82, 2.24) is 4.98 Å². The Morgan fingerprint density at radius 3 is 2.52 bits per heavy atom. The molecule has 3 heteroatoms. The van der Waals surface area contributed by atoms with Gasteiger partial charge in [0.05, 0.1) is 7.11 Å². The highest BCUT2D eigenvalue weighted by Gasteiger charge is 2.12. The van der Waals surface area contributed by atoms with Crippen LogP contribution in [0.5, 0.6) is 0 Å². The lowest BCUT2D eigenvalue weighted by atomic mass is 9.97. The number of carbonyl (C=O) groups is 1. The smallest absolute Gasteiger partial charge is 0.331 e. The van der Waals surface area contributed by atoms with E-state index in [1.807, 2.05) is 60.8 Å². The fraction of sp³-hybridized carbons (Fsp3) is 0.0556. The molecule has 3 rings (SSSR count). The molecule has 1 aromatic heterocycles. The van der Waals surface area contributed by atoms with Crippen molar-refractivity contribution in [3.63, 3.8) is 0 Å². The third-order valence-electron chi connectivity index (χ3n) is 3.43. The summed E-state index contributed by atoms with van der Waals surface area (Å²) in [6, 6.07) is 17.8. The van der Waals surface area contributed by atoms with Gasteiger partial charge in [-0.1, -0.05) is 48.5 Å². The number of nitrogens with one attached hydrogen (secondary N) is 1. The first-order chi connectivity index (χ1) is 10.3. The third kappa shape index (κ3) is 2.58. The molecular weight excluding hydrogens is 262 g/mol. The van der Waals surface area contributed by atoms with Crippen molar-refractivity contribution in [3.05, 3.63) is 78.0 Å². The van der Waals surface area contributed by atoms with Gasteiger partial charge in [0.15, 0.2) is 0 Å². The molecule has 0 atom stereocenters. The zero-order valence-corrected chi connectivity index (χ0v) is 11.7. The molecular formula is C18H15NO2. The van der Waals surface area contributed by atoms with Gasteiger partial charge in [-0.2, -0.15) is 0 Å². The van der Waals surface area contributed by atoms with Crippen LogP contribution in [-0.4, -0.2) is 18.1 Å². The van der Waals surface area contributed by atoms with Gasteiger partial charge in [-0.25, -0.2) is 4.79 Å². The van der Waals surface area contributed by atoms with Crippen molar-refractivity contribution in [2.45, 2.75) is 0 Å². The summed E-state index contributed by atoms with van der Waals surface area (Å²) in [5.74, 6) is -0.362. The summed E-state index contributed by atoms with van der Waals surface area (Å²) in [4.78, 5) is 15.0. The van der Waals surface area contributed by atoms with Crippen LogP contribution in [-0.2, 0) is 9.53 Å². The van der Waals surface area contributed by atoms with Gasteiger partial charge in [-0.05, 0) is 17.2 Å². The van der Waals surface area contributed by atoms with E-state index in [2.05, 4.69) is 4.98 Å². The maximum Gasteiger partial charge on any atom is 0.331 e. The first kappa shape index (κ1) is 13.2. The van der Waals surface area contributed by atoms with Crippen molar-refractivity contribution < 1.29 is 9.53 Å². The molecule has 0 saturated carbocycles. The molecule has 104 valence electrons. The number of benzene rings is 2. The number of para-hydroxylation sites is 1. The second-order valence-corrected chi connectivity index (χ2v) is 4.70. The van der Waals surface area contributed by atoms with Crippen molar-refractivity contribution in [3.8, 4) is 0 Å². The van der Waals surface area contributed by atoms with Gasteiger partial charge < -0.3 is 9.72 Å². The molecule has 2 aromatic carbocycles. The molecule has 0 radical (unpaired) electrons. The number of H-pyrrole nitrogens is 1. The number of aromatic nitrogens is 1. The van der Waals surface area contributed by atoms with Gasteiger partial charge >= 0.3 is 5.97 Å². The van der Waals surface area contributed by atoms with E-state index in [1.165, 1.54) is 13.2 Å². The number of esters is 1. The molecule has 21 heavy (non-hydrogen) atoms. The normalized spacial score (nSPS) is 11.6. The number of methoxy groups -OCH3 is 1. The Kier molecular flexibility index (Phi) is 3.56. The quantitative estimate of drug-likeness (QED) is 0.585. The van der Waals surface area contributed by atoms with Crippen molar-refractivity contribution in [2.75, 3.05) is 7.11 Å². The highest BCUT2D eigenvalue weighted by molar-refractivity contribution is 6.03. The second-order valence-electron chi connectivity index (χ2n) is 4.70. The van der Waals surface area contributed by atoms with Crippen LogP contribution >= 0.6 is 0 Å². The lowest BCUT2D eigenvalue weighted by Gasteiger charge is -2.07. The van der Waals surface area contributed by atoms with Crippen molar-refractivity contribution in [2.24, 2.45) is 0 Å². The molecule has 0 saturated heterocycles. The molecule has 0 fully saturated rings. The number of hydrogen-bond acceptors (Lipinski definition) is 2. The predicted molar refractivity (Wildman–Crippen MR) is 83.8 cm³/mol. The predicted octanol–water partition coefficient (Wildman–Crippen LogP) is 3.77. The van der Waals surface area contributed by atoms with Crippen LogP contribution in [0.25, 0.3) is 16.5 Å². The van der Waals surface area contributed by atoms with Gasteiger partial charge in [0, 0.05) is 28.7 Å². The summed E-state index contributed by atoms with van der Waals surface area (Å²) < 4.78 is 4.79. The molecule has 0 unspecified atom stereocenters. The first-order valence-corrected chi connectivity index (χ1v) is 6.71. The van der Waals surface area contributed by atoms with Crippen LogP contribution in [0.4, 0.5) is 0 Å². The van der Waals surface area contributed by atoms with Gasteiger partial charge in [0.2, 0.25) is 0 Å². The lowest BCUT2D eigenvalue weighted by molar-refractivity contribution is -0.134. The molecule has 1 heterocycles. The Bertz CT molecular complexity index is 800. The van der Waals surface area contributed by atoms with Gasteiger partial charge in [-0.15, -0.1) is 0 Å². The zero-order chi connectivity index (χ0) is 14.7. The minimum Gasteiger partial charge on any atom is -0.466 e. The minimum absolute atomic E-state index is 0.362. The van der Waals surface area contributed by atoms with E-state index in [4.69, 9.17) is 4.74 Å². The van der Waals surface area contributed by atoms with Crippen LogP contribution in [0, 0.1) is 0 Å². The minimum atomic E-state index is -0.362. The number of fused-ring (bicyclic) bond motifs is 1. The first-order valence-electron chi connectivity index (χ1n) is 6.71. The number of rotatable bonds is 3. The Balaban J connectivity index is 2.20. The molecule has 0 aliphatic heterocycles. The highest BCUT2D eigenvalue weighted by Crippen LogP contribution is 2.29. The van der Waals surface area contributed by atoms with E-state index in [1.54, 1.807) is 0 Å². The summed E-state index contributed by atoms with van der Waals surface area (Å²) in [5.41, 5.74) is 3.86. The van der Waals surface area contributed by atoms with Crippen molar-refractivity contribution >= 4 is 22.4 Å². The van der Waals surface area contributed by atoms with Crippen LogP contribution in [0.3, 0.4) is 0 Å². The van der Waals surface area contributed by atoms with E-state index >= 15 is 0 Å². The van der Waals surface area contributed by atoms with Crippen LogP contribution in [0.1, 0.15) is 11.1 Å². The molecule has 3 nitrogen and oxygen atoms in total. The van der Waals surface area contributed by atoms with Crippen LogP contribution in [0.15, 0.2) is 66.9 Å². The molecule has 0 spiro atoms. The number of aromatic amines is 1. The number of ether oxygens (including phenoxy) is 1. The largest absolute Gasteiger partial charge is 0.466 e. The number of hydrogen-bond donors (Lipinski definition) is 1. The Morgan fingerprint density at radius 2 is 1.76 bits per heavy atom. The fourth-order valence-corrected chi connectivity index (χ4v) is 2.41. The fourth-order valence-electron chi connectivity index (χ4n) is 2.41. The monoisotopic (exact) mass is 277 g/mol. The molecule has 1 N–H and O–H groups in total. The molecule has 3 aromatic rings. The maximum absolute atomic E-state index is 11.7. The van der Waals surface area contributed by atoms with Gasteiger partial charge in [0.1, 0.15) is 0 Å². The van der Waals surface area contributed by atoms with Crippen LogP contribution < -0.4 is 0 Å². The average Bonchev–Trinajstić information content (AvgIpc) is 2.97. The van der Waals surface area contributed by atoms with Crippen molar-refractivity contribution in [1.29, 1.82) is 0 Å². The van der Waals surface area contributed by atoms with E-state index in [0.717, 1.165) is 27.6 Å². The number of carbonyl (C=O) groups excluding carboxylic acids is 1. The Morgan fingerprint density at radius 1 is 1.05 bits per heavy atom. The molecule has 0 amide bonds. The topological polar surface area (TPSA) is 42.1 Å². The summed E-state index contributed by atoms with van der Waals surface area (Å²) in [5, 5.41) is 1.08. The molecule has 0 aliphatic carbocycles. The average molecular weight is 277 g/mol. The highest BCUT2D eigenvalue weighted by atomic mass is 16.5. The lowest BCUT2D eigenvalue weighted by Crippen LogP contribution is -1.98. The summed E-state index contributed by atoms with van der Waals surface area (Å²) in [7, 11) is 1.39. The standard InChI is InChI=1S/C18H15NO2/c1-21-18(20)11-15(13-7-3-2-4-8-13)16-12-19-17-10-6-5-9-14(16)17/h2-12,19H,1H3/b15-11+. The SMILES string of the molecule is COC(=O)/C=C(\c1ccccc1)c1c[nH]c2ccccc12. The van der Waals surface area contributed by atoms with E-state index in [9.17, 15) is 4.79 Å². The Hall–Kier alpha value is -2.81. The van der Waals surface area contributed by atoms with E-state index in [0.29, 0.717) is 0 Å². The summed E-state index contributed by atoms with van der Waals surface area (Å²) in [6.07, 6.45) is 3.46.